The number of aryl methyl sites for hydroxylation is 1. The smallest absolute Gasteiger partial charge is 0.244 e. The number of sulfonamides is 1. The molecule has 0 aromatic carbocycles. The molecule has 1 aromatic rings. The van der Waals surface area contributed by atoms with Crippen LogP contribution in [-0.4, -0.2) is 24.7 Å². The van der Waals surface area contributed by atoms with Crippen LogP contribution in [0.25, 0.3) is 0 Å². The third-order valence-electron chi connectivity index (χ3n) is 4.12. The summed E-state index contributed by atoms with van der Waals surface area (Å²) >= 11 is 0. The highest BCUT2D eigenvalue weighted by atomic mass is 32.2. The molecule has 1 aliphatic carbocycles. The lowest BCUT2D eigenvalue weighted by atomic mass is 9.85. The first kappa shape index (κ1) is 15.5. The average Bonchev–Trinajstić information content (AvgIpc) is 2.81. The molecule has 1 heterocycles. The van der Waals surface area contributed by atoms with Gasteiger partial charge in [-0.2, -0.15) is 5.10 Å². The highest BCUT2D eigenvalue weighted by molar-refractivity contribution is 7.89. The fraction of sp³-hybridized carbons (Fsp3) is 0.769. The van der Waals surface area contributed by atoms with E-state index in [0.717, 1.165) is 12.8 Å². The molecule has 0 aliphatic heterocycles. The number of hydrogen-bond donors (Lipinski definition) is 3. The normalized spacial score (nSPS) is 19.1. The minimum Gasteiger partial charge on any atom is -0.325 e. The summed E-state index contributed by atoms with van der Waals surface area (Å²) in [5, 5.41) is 6.65. The van der Waals surface area contributed by atoms with Crippen molar-refractivity contribution in [3.8, 4) is 0 Å². The van der Waals surface area contributed by atoms with Crippen LogP contribution in [0, 0.1) is 12.8 Å². The molecule has 114 valence electrons. The first-order valence-electron chi connectivity index (χ1n) is 7.22. The van der Waals surface area contributed by atoms with Gasteiger partial charge in [-0.25, -0.2) is 13.1 Å². The van der Waals surface area contributed by atoms with Crippen molar-refractivity contribution in [1.29, 1.82) is 0 Å². The average molecular weight is 300 g/mol. The van der Waals surface area contributed by atoms with Crippen molar-refractivity contribution < 1.29 is 8.42 Å². The number of H-pyrrole nitrogens is 1. The summed E-state index contributed by atoms with van der Waals surface area (Å²) in [4.78, 5) is 0.211. The van der Waals surface area contributed by atoms with Gasteiger partial charge in [0, 0.05) is 12.6 Å². The lowest BCUT2D eigenvalue weighted by Crippen LogP contribution is -2.39. The Balaban J connectivity index is 2.16. The van der Waals surface area contributed by atoms with Crippen molar-refractivity contribution in [2.75, 3.05) is 0 Å². The minimum atomic E-state index is -3.56. The first-order chi connectivity index (χ1) is 9.45. The van der Waals surface area contributed by atoms with Crippen molar-refractivity contribution >= 4 is 10.0 Å². The molecule has 1 saturated carbocycles. The molecular weight excluding hydrogens is 276 g/mol. The molecule has 0 radical (unpaired) electrons. The molecule has 4 N–H and O–H groups in total. The lowest BCUT2D eigenvalue weighted by Gasteiger charge is -2.28. The zero-order valence-electron chi connectivity index (χ0n) is 12.1. The van der Waals surface area contributed by atoms with Crippen LogP contribution in [0.4, 0.5) is 0 Å². The summed E-state index contributed by atoms with van der Waals surface area (Å²) in [5.74, 6) is 0.423. The second kappa shape index (κ2) is 6.24. The quantitative estimate of drug-likeness (QED) is 0.765. The monoisotopic (exact) mass is 300 g/mol. The number of nitrogens with zero attached hydrogens (tertiary/aromatic N) is 1. The van der Waals surface area contributed by atoms with Crippen molar-refractivity contribution in [2.24, 2.45) is 11.7 Å². The number of rotatable bonds is 5. The molecule has 1 aliphatic rings. The maximum absolute atomic E-state index is 12.5. The van der Waals surface area contributed by atoms with Gasteiger partial charge in [0.05, 0.1) is 11.4 Å². The third kappa shape index (κ3) is 3.21. The minimum absolute atomic E-state index is 0.0553. The Morgan fingerprint density at radius 3 is 2.65 bits per heavy atom. The topological polar surface area (TPSA) is 101 Å². The van der Waals surface area contributed by atoms with E-state index in [1.54, 1.807) is 6.92 Å². The lowest BCUT2D eigenvalue weighted by molar-refractivity contribution is 0.303. The predicted octanol–water partition coefficient (Wildman–Crippen LogP) is 1.42. The van der Waals surface area contributed by atoms with Crippen molar-refractivity contribution in [3.05, 3.63) is 11.4 Å². The van der Waals surface area contributed by atoms with Gasteiger partial charge in [-0.3, -0.25) is 5.10 Å². The second-order valence-corrected chi connectivity index (χ2v) is 7.29. The van der Waals surface area contributed by atoms with Gasteiger partial charge in [0.15, 0.2) is 0 Å². The molecule has 1 fully saturated rings. The second-order valence-electron chi connectivity index (χ2n) is 5.64. The summed E-state index contributed by atoms with van der Waals surface area (Å²) in [7, 11) is -3.56. The molecule has 6 nitrogen and oxygen atoms in total. The summed E-state index contributed by atoms with van der Waals surface area (Å²) in [6.07, 6.45) is 5.83. The maximum atomic E-state index is 12.5. The van der Waals surface area contributed by atoms with Crippen LogP contribution in [0.2, 0.25) is 0 Å². The van der Waals surface area contributed by atoms with Gasteiger partial charge in [0.1, 0.15) is 4.90 Å². The molecular formula is C13H24N4O2S. The van der Waals surface area contributed by atoms with Crippen LogP contribution in [-0.2, 0) is 16.6 Å². The molecule has 0 saturated heterocycles. The van der Waals surface area contributed by atoms with Gasteiger partial charge in [0.25, 0.3) is 0 Å². The Labute approximate surface area is 120 Å². The Hall–Kier alpha value is -0.920. The molecule has 7 heteroatoms. The fourth-order valence-electron chi connectivity index (χ4n) is 3.00. The van der Waals surface area contributed by atoms with E-state index in [1.165, 1.54) is 19.3 Å². The molecule has 1 atom stereocenters. The summed E-state index contributed by atoms with van der Waals surface area (Å²) in [6, 6.07) is -0.0553. The van der Waals surface area contributed by atoms with E-state index >= 15 is 0 Å². The van der Waals surface area contributed by atoms with Crippen LogP contribution in [0.1, 0.15) is 50.4 Å². The van der Waals surface area contributed by atoms with Crippen LogP contribution in [0.3, 0.4) is 0 Å². The third-order valence-corrected chi connectivity index (χ3v) is 5.88. The zero-order valence-corrected chi connectivity index (χ0v) is 13.0. The van der Waals surface area contributed by atoms with Crippen molar-refractivity contribution in [3.63, 3.8) is 0 Å². The number of hydrogen-bond acceptors (Lipinski definition) is 4. The summed E-state index contributed by atoms with van der Waals surface area (Å²) in [6.45, 7) is 3.76. The molecule has 20 heavy (non-hydrogen) atoms. The van der Waals surface area contributed by atoms with E-state index in [1.807, 2.05) is 6.92 Å². The van der Waals surface area contributed by atoms with E-state index in [9.17, 15) is 8.42 Å². The number of nitrogens with two attached hydrogens (primary N) is 1. The van der Waals surface area contributed by atoms with Gasteiger partial charge in [0.2, 0.25) is 10.0 Å². The van der Waals surface area contributed by atoms with E-state index in [0.29, 0.717) is 17.3 Å². The Morgan fingerprint density at radius 1 is 1.40 bits per heavy atom. The van der Waals surface area contributed by atoms with Crippen LogP contribution in [0.15, 0.2) is 4.90 Å². The number of nitrogens with one attached hydrogen (secondary N) is 2. The molecule has 1 aromatic heterocycles. The highest BCUT2D eigenvalue weighted by Crippen LogP contribution is 2.27. The Kier molecular flexibility index (Phi) is 4.82. The molecule has 0 amide bonds. The molecule has 0 bridgehead atoms. The standard InChI is InChI=1S/C13H24N4O2S/c1-9(11-6-4-3-5-7-11)17-20(18,19)13-10(2)15-16-12(13)8-14/h9,11,17H,3-8,14H2,1-2H3,(H,15,16). The maximum Gasteiger partial charge on any atom is 0.244 e. The number of aromatic amines is 1. The van der Waals surface area contributed by atoms with Gasteiger partial charge in [-0.05, 0) is 32.6 Å². The van der Waals surface area contributed by atoms with Crippen molar-refractivity contribution in [2.45, 2.75) is 63.4 Å². The van der Waals surface area contributed by atoms with Gasteiger partial charge < -0.3 is 5.73 Å². The Morgan fingerprint density at radius 2 is 2.05 bits per heavy atom. The van der Waals surface area contributed by atoms with Gasteiger partial charge in [-0.1, -0.05) is 19.3 Å². The SMILES string of the molecule is Cc1[nH]nc(CN)c1S(=O)(=O)NC(C)C1CCCCC1. The molecule has 2 rings (SSSR count). The molecule has 1 unspecified atom stereocenters. The van der Waals surface area contributed by atoms with Crippen molar-refractivity contribution in [1.82, 2.24) is 14.9 Å². The largest absolute Gasteiger partial charge is 0.325 e. The zero-order chi connectivity index (χ0) is 14.8. The van der Waals surface area contributed by atoms with Gasteiger partial charge >= 0.3 is 0 Å². The van der Waals surface area contributed by atoms with E-state index < -0.39 is 10.0 Å². The summed E-state index contributed by atoms with van der Waals surface area (Å²) < 4.78 is 27.8. The van der Waals surface area contributed by atoms with Crippen LogP contribution < -0.4 is 10.5 Å². The predicted molar refractivity (Wildman–Crippen MR) is 77.6 cm³/mol. The van der Waals surface area contributed by atoms with Crippen LogP contribution in [0.5, 0.6) is 0 Å². The highest BCUT2D eigenvalue weighted by Gasteiger charge is 2.28. The van der Waals surface area contributed by atoms with E-state index in [2.05, 4.69) is 14.9 Å². The first-order valence-corrected chi connectivity index (χ1v) is 8.70. The van der Waals surface area contributed by atoms with Crippen LogP contribution >= 0.6 is 0 Å². The van der Waals surface area contributed by atoms with Gasteiger partial charge in [-0.15, -0.1) is 0 Å². The number of aromatic nitrogens is 2. The van der Waals surface area contributed by atoms with E-state index in [4.69, 9.17) is 5.73 Å². The summed E-state index contributed by atoms with van der Waals surface area (Å²) in [5.41, 5.74) is 6.49. The fourth-order valence-corrected chi connectivity index (χ4v) is 4.69. The van der Waals surface area contributed by atoms with E-state index in [-0.39, 0.29) is 17.5 Å². The Bertz CT molecular complexity index is 547. The molecule has 0 spiro atoms.